The SMILES string of the molecule is C=C[C@](C)(O)CC[C@@H]1C(=C)CC[C@@H]2[C@@](C)(CO)CCC[C@]12C. The highest BCUT2D eigenvalue weighted by molar-refractivity contribution is 5.16. The van der Waals surface area contributed by atoms with E-state index in [0.717, 1.165) is 32.1 Å². The van der Waals surface area contributed by atoms with E-state index in [9.17, 15) is 10.2 Å². The van der Waals surface area contributed by atoms with Crippen LogP contribution in [0.5, 0.6) is 0 Å². The van der Waals surface area contributed by atoms with Crippen LogP contribution < -0.4 is 0 Å². The molecule has 2 fully saturated rings. The van der Waals surface area contributed by atoms with Crippen LogP contribution in [0.4, 0.5) is 0 Å². The second-order valence-electron chi connectivity index (χ2n) is 8.57. The van der Waals surface area contributed by atoms with Crippen LogP contribution in [-0.4, -0.2) is 22.4 Å². The van der Waals surface area contributed by atoms with Gasteiger partial charge in [0.25, 0.3) is 0 Å². The van der Waals surface area contributed by atoms with Crippen molar-refractivity contribution >= 4 is 0 Å². The Hall–Kier alpha value is -0.600. The summed E-state index contributed by atoms with van der Waals surface area (Å²) >= 11 is 0. The zero-order valence-electron chi connectivity index (χ0n) is 14.7. The van der Waals surface area contributed by atoms with Crippen molar-refractivity contribution in [3.63, 3.8) is 0 Å². The Labute approximate surface area is 136 Å². The molecule has 0 aromatic carbocycles. The normalized spacial score (nSPS) is 41.6. The van der Waals surface area contributed by atoms with Gasteiger partial charge in [0, 0.05) is 6.61 Å². The van der Waals surface area contributed by atoms with Gasteiger partial charge in [0.1, 0.15) is 0 Å². The first kappa shape index (κ1) is 17.7. The van der Waals surface area contributed by atoms with Gasteiger partial charge in [-0.25, -0.2) is 0 Å². The van der Waals surface area contributed by atoms with Crippen molar-refractivity contribution in [2.45, 2.75) is 71.3 Å². The summed E-state index contributed by atoms with van der Waals surface area (Å²) in [7, 11) is 0. The van der Waals surface area contributed by atoms with Crippen molar-refractivity contribution in [2.24, 2.45) is 22.7 Å². The first-order valence-corrected chi connectivity index (χ1v) is 8.83. The van der Waals surface area contributed by atoms with E-state index in [4.69, 9.17) is 0 Å². The highest BCUT2D eigenvalue weighted by Crippen LogP contribution is 2.61. The molecule has 0 spiro atoms. The fourth-order valence-corrected chi connectivity index (χ4v) is 5.34. The van der Waals surface area contributed by atoms with Crippen LogP contribution in [0, 0.1) is 22.7 Å². The number of aliphatic hydroxyl groups is 2. The summed E-state index contributed by atoms with van der Waals surface area (Å²) in [6.45, 7) is 14.9. The predicted octanol–water partition coefficient (Wildman–Crippen LogP) is 4.47. The lowest BCUT2D eigenvalue weighted by Gasteiger charge is -2.58. The molecule has 0 aromatic rings. The Bertz CT molecular complexity index is 439. The zero-order chi connectivity index (χ0) is 16.6. The smallest absolute Gasteiger partial charge is 0.0797 e. The van der Waals surface area contributed by atoms with E-state index in [1.165, 1.54) is 18.4 Å². The Kier molecular flexibility index (Phi) is 4.94. The maximum absolute atomic E-state index is 10.3. The maximum atomic E-state index is 10.3. The third kappa shape index (κ3) is 3.05. The Morgan fingerprint density at radius 1 is 1.36 bits per heavy atom. The molecule has 2 nitrogen and oxygen atoms in total. The number of fused-ring (bicyclic) bond motifs is 1. The Morgan fingerprint density at radius 3 is 2.64 bits per heavy atom. The minimum absolute atomic E-state index is 0.0485. The van der Waals surface area contributed by atoms with Crippen molar-refractivity contribution in [2.75, 3.05) is 6.61 Å². The third-order valence-electron chi connectivity index (χ3n) is 6.88. The van der Waals surface area contributed by atoms with E-state index in [-0.39, 0.29) is 17.4 Å². The molecule has 126 valence electrons. The molecule has 2 aliphatic rings. The molecule has 0 saturated heterocycles. The molecule has 5 atom stereocenters. The van der Waals surface area contributed by atoms with Crippen molar-refractivity contribution in [3.8, 4) is 0 Å². The van der Waals surface area contributed by atoms with E-state index in [1.807, 2.05) is 6.92 Å². The number of allylic oxidation sites excluding steroid dienone is 1. The van der Waals surface area contributed by atoms with Gasteiger partial charge in [-0.2, -0.15) is 0 Å². The summed E-state index contributed by atoms with van der Waals surface area (Å²) in [5.74, 6) is 1.01. The highest BCUT2D eigenvalue weighted by Gasteiger charge is 2.54. The minimum Gasteiger partial charge on any atom is -0.396 e. The lowest BCUT2D eigenvalue weighted by Crippen LogP contribution is -2.52. The van der Waals surface area contributed by atoms with Crippen LogP contribution in [0.2, 0.25) is 0 Å². The van der Waals surface area contributed by atoms with Crippen LogP contribution in [0.3, 0.4) is 0 Å². The third-order valence-corrected chi connectivity index (χ3v) is 6.88. The van der Waals surface area contributed by atoms with Gasteiger partial charge in [0.2, 0.25) is 0 Å². The molecule has 0 amide bonds. The number of rotatable bonds is 5. The number of hydrogen-bond acceptors (Lipinski definition) is 2. The van der Waals surface area contributed by atoms with Crippen molar-refractivity contribution in [1.29, 1.82) is 0 Å². The molecule has 0 radical (unpaired) electrons. The van der Waals surface area contributed by atoms with Gasteiger partial charge in [-0.15, -0.1) is 6.58 Å². The summed E-state index contributed by atoms with van der Waals surface area (Å²) in [5.41, 5.74) is 0.814. The predicted molar refractivity (Wildman–Crippen MR) is 92.6 cm³/mol. The van der Waals surface area contributed by atoms with Crippen LogP contribution in [0.25, 0.3) is 0 Å². The highest BCUT2D eigenvalue weighted by atomic mass is 16.3. The van der Waals surface area contributed by atoms with Gasteiger partial charge in [0.05, 0.1) is 5.60 Å². The van der Waals surface area contributed by atoms with Gasteiger partial charge >= 0.3 is 0 Å². The first-order chi connectivity index (χ1) is 10.2. The van der Waals surface area contributed by atoms with Crippen LogP contribution in [-0.2, 0) is 0 Å². The van der Waals surface area contributed by atoms with Gasteiger partial charge in [-0.05, 0) is 68.1 Å². The Balaban J connectivity index is 2.24. The van der Waals surface area contributed by atoms with Crippen molar-refractivity contribution < 1.29 is 10.2 Å². The standard InChI is InChI=1S/C20H34O2/c1-6-19(4,22)13-10-16-15(2)8-9-17-18(3,14-21)11-7-12-20(16,17)5/h6,16-17,21-22H,1-2,7-14H2,3-5H3/t16-,17-,18-,19+,20-/m1/s1. The lowest BCUT2D eigenvalue weighted by atomic mass is 9.46. The fourth-order valence-electron chi connectivity index (χ4n) is 5.34. The van der Waals surface area contributed by atoms with Gasteiger partial charge < -0.3 is 10.2 Å². The summed E-state index contributed by atoms with van der Waals surface area (Å²) in [6, 6.07) is 0. The molecule has 0 aromatic heterocycles. The van der Waals surface area contributed by atoms with Crippen molar-refractivity contribution in [3.05, 3.63) is 24.8 Å². The quantitative estimate of drug-likeness (QED) is 0.735. The second-order valence-corrected chi connectivity index (χ2v) is 8.57. The lowest BCUT2D eigenvalue weighted by molar-refractivity contribution is -0.0885. The molecular weight excluding hydrogens is 272 g/mol. The summed E-state index contributed by atoms with van der Waals surface area (Å²) in [6.07, 6.45) is 9.10. The molecule has 2 N–H and O–H groups in total. The molecule has 2 aliphatic carbocycles. The molecular formula is C20H34O2. The number of aliphatic hydroxyl groups excluding tert-OH is 1. The summed E-state index contributed by atoms with van der Waals surface area (Å²) in [5, 5.41) is 20.3. The molecule has 0 bridgehead atoms. The molecule has 22 heavy (non-hydrogen) atoms. The van der Waals surface area contributed by atoms with E-state index < -0.39 is 5.60 Å². The fraction of sp³-hybridized carbons (Fsp3) is 0.800. The van der Waals surface area contributed by atoms with Crippen LogP contribution in [0.15, 0.2) is 24.8 Å². The maximum Gasteiger partial charge on any atom is 0.0797 e. The van der Waals surface area contributed by atoms with E-state index in [2.05, 4.69) is 27.0 Å². The van der Waals surface area contributed by atoms with Crippen LogP contribution in [0.1, 0.15) is 65.7 Å². The Morgan fingerprint density at radius 2 is 2.05 bits per heavy atom. The largest absolute Gasteiger partial charge is 0.396 e. The monoisotopic (exact) mass is 306 g/mol. The number of hydrogen-bond donors (Lipinski definition) is 2. The average molecular weight is 306 g/mol. The van der Waals surface area contributed by atoms with Crippen LogP contribution >= 0.6 is 0 Å². The van der Waals surface area contributed by atoms with E-state index in [1.54, 1.807) is 6.08 Å². The second kappa shape index (κ2) is 6.13. The van der Waals surface area contributed by atoms with Crippen molar-refractivity contribution in [1.82, 2.24) is 0 Å². The minimum atomic E-state index is -0.793. The molecule has 0 heterocycles. The first-order valence-electron chi connectivity index (χ1n) is 8.83. The van der Waals surface area contributed by atoms with E-state index in [0.29, 0.717) is 11.8 Å². The average Bonchev–Trinajstić information content (AvgIpc) is 2.46. The summed E-state index contributed by atoms with van der Waals surface area (Å²) in [4.78, 5) is 0. The molecule has 0 aliphatic heterocycles. The topological polar surface area (TPSA) is 40.5 Å². The summed E-state index contributed by atoms with van der Waals surface area (Å²) < 4.78 is 0. The molecule has 2 saturated carbocycles. The van der Waals surface area contributed by atoms with Gasteiger partial charge in [-0.3, -0.25) is 0 Å². The van der Waals surface area contributed by atoms with E-state index >= 15 is 0 Å². The molecule has 2 heteroatoms. The van der Waals surface area contributed by atoms with Gasteiger partial charge in [0.15, 0.2) is 0 Å². The zero-order valence-corrected chi connectivity index (χ0v) is 14.7. The molecule has 0 unspecified atom stereocenters. The van der Waals surface area contributed by atoms with Gasteiger partial charge in [-0.1, -0.05) is 38.5 Å². The molecule has 2 rings (SSSR count).